The summed E-state index contributed by atoms with van der Waals surface area (Å²) in [4.78, 5) is 2.74. The molecule has 2 nitrogen and oxygen atoms in total. The molecule has 1 aromatic rings. The van der Waals surface area contributed by atoms with E-state index < -0.39 is 0 Å². The van der Waals surface area contributed by atoms with Gasteiger partial charge in [0.25, 0.3) is 0 Å². The van der Waals surface area contributed by atoms with E-state index in [2.05, 4.69) is 36.1 Å². The van der Waals surface area contributed by atoms with Crippen LogP contribution in [0.25, 0.3) is 0 Å². The van der Waals surface area contributed by atoms with Crippen LogP contribution in [0.15, 0.2) is 24.3 Å². The Balaban J connectivity index is 1.85. The predicted molar refractivity (Wildman–Crippen MR) is 83.4 cm³/mol. The maximum absolute atomic E-state index is 5.43. The van der Waals surface area contributed by atoms with Crippen LogP contribution in [-0.4, -0.2) is 31.1 Å². The molecule has 0 radical (unpaired) electrons. The molecule has 0 N–H and O–H groups in total. The molecule has 2 aliphatic rings. The van der Waals surface area contributed by atoms with Crippen LogP contribution in [0.2, 0.25) is 0 Å². The van der Waals surface area contributed by atoms with Gasteiger partial charge in [-0.05, 0) is 74.7 Å². The molecular formula is C18H27NO. The first-order chi connectivity index (χ1) is 9.77. The molecule has 1 aliphatic carbocycles. The van der Waals surface area contributed by atoms with Gasteiger partial charge in [0.05, 0.1) is 7.11 Å². The highest BCUT2D eigenvalue weighted by Gasteiger charge is 2.43. The Morgan fingerprint density at radius 3 is 3.05 bits per heavy atom. The van der Waals surface area contributed by atoms with Crippen molar-refractivity contribution in [2.45, 2.75) is 56.9 Å². The Hall–Kier alpha value is -1.02. The molecule has 110 valence electrons. The van der Waals surface area contributed by atoms with Crippen molar-refractivity contribution in [1.82, 2.24) is 4.90 Å². The summed E-state index contributed by atoms with van der Waals surface area (Å²) in [5, 5.41) is 0. The van der Waals surface area contributed by atoms with Crippen LogP contribution in [0, 0.1) is 0 Å². The van der Waals surface area contributed by atoms with Gasteiger partial charge in [-0.3, -0.25) is 0 Å². The Morgan fingerprint density at radius 2 is 2.25 bits per heavy atom. The molecule has 2 atom stereocenters. The number of rotatable bonds is 4. The van der Waals surface area contributed by atoms with Crippen molar-refractivity contribution in [2.75, 3.05) is 20.2 Å². The van der Waals surface area contributed by atoms with Gasteiger partial charge in [-0.1, -0.05) is 19.1 Å². The van der Waals surface area contributed by atoms with Gasteiger partial charge < -0.3 is 9.64 Å². The summed E-state index contributed by atoms with van der Waals surface area (Å²) in [6, 6.07) is 9.62. The van der Waals surface area contributed by atoms with E-state index in [4.69, 9.17) is 4.74 Å². The number of hydrogen-bond acceptors (Lipinski definition) is 2. The van der Waals surface area contributed by atoms with Crippen molar-refractivity contribution in [3.63, 3.8) is 0 Å². The lowest BCUT2D eigenvalue weighted by atomic mass is 9.75. The molecule has 1 saturated carbocycles. The van der Waals surface area contributed by atoms with E-state index in [0.717, 1.165) is 11.8 Å². The van der Waals surface area contributed by atoms with Crippen LogP contribution < -0.4 is 4.74 Å². The van der Waals surface area contributed by atoms with Crippen molar-refractivity contribution in [3.05, 3.63) is 29.8 Å². The summed E-state index contributed by atoms with van der Waals surface area (Å²) >= 11 is 0. The number of likely N-dealkylation sites (tertiary alicyclic amines) is 1. The Kier molecular flexibility index (Phi) is 4.02. The van der Waals surface area contributed by atoms with Crippen molar-refractivity contribution in [3.8, 4) is 5.75 Å². The molecule has 2 bridgehead atoms. The summed E-state index contributed by atoms with van der Waals surface area (Å²) in [6.07, 6.45) is 8.04. The van der Waals surface area contributed by atoms with Gasteiger partial charge in [-0.2, -0.15) is 0 Å². The van der Waals surface area contributed by atoms with Crippen LogP contribution in [0.3, 0.4) is 0 Å². The molecule has 2 fully saturated rings. The molecular weight excluding hydrogens is 246 g/mol. The Labute approximate surface area is 123 Å². The number of methoxy groups -OCH3 is 1. The fourth-order valence-corrected chi connectivity index (χ4v) is 4.38. The SMILES string of the molecule is CCCN1CCCC2(c3cccc(OC)c3)CCC1C2. The highest BCUT2D eigenvalue weighted by molar-refractivity contribution is 5.35. The van der Waals surface area contributed by atoms with Gasteiger partial charge in [0.2, 0.25) is 0 Å². The number of benzene rings is 1. The second kappa shape index (κ2) is 5.77. The lowest BCUT2D eigenvalue weighted by molar-refractivity contribution is 0.204. The minimum atomic E-state index is 0.418. The van der Waals surface area contributed by atoms with Crippen molar-refractivity contribution < 1.29 is 4.74 Å². The molecule has 1 saturated heterocycles. The van der Waals surface area contributed by atoms with Crippen LogP contribution in [0.4, 0.5) is 0 Å². The zero-order valence-electron chi connectivity index (χ0n) is 12.9. The molecule has 1 aromatic carbocycles. The number of fused-ring (bicyclic) bond motifs is 2. The van der Waals surface area contributed by atoms with Crippen molar-refractivity contribution in [2.24, 2.45) is 0 Å². The molecule has 3 rings (SSSR count). The predicted octanol–water partition coefficient (Wildman–Crippen LogP) is 3.99. The lowest BCUT2D eigenvalue weighted by Gasteiger charge is -2.29. The van der Waals surface area contributed by atoms with E-state index in [1.54, 1.807) is 7.11 Å². The van der Waals surface area contributed by atoms with Crippen LogP contribution in [0.5, 0.6) is 5.75 Å². The summed E-state index contributed by atoms with van der Waals surface area (Å²) < 4.78 is 5.43. The largest absolute Gasteiger partial charge is 0.497 e. The third-order valence-electron chi connectivity index (χ3n) is 5.39. The van der Waals surface area contributed by atoms with E-state index in [1.165, 1.54) is 57.2 Å². The smallest absolute Gasteiger partial charge is 0.119 e. The van der Waals surface area contributed by atoms with Gasteiger partial charge in [-0.25, -0.2) is 0 Å². The fraction of sp³-hybridized carbons (Fsp3) is 0.667. The van der Waals surface area contributed by atoms with Gasteiger partial charge >= 0.3 is 0 Å². The first-order valence-corrected chi connectivity index (χ1v) is 8.16. The average molecular weight is 273 g/mol. The highest BCUT2D eigenvalue weighted by atomic mass is 16.5. The maximum atomic E-state index is 5.43. The number of ether oxygens (including phenoxy) is 1. The fourth-order valence-electron chi connectivity index (χ4n) is 4.38. The lowest BCUT2D eigenvalue weighted by Crippen LogP contribution is -2.34. The van der Waals surface area contributed by atoms with Gasteiger partial charge in [0.1, 0.15) is 5.75 Å². The van der Waals surface area contributed by atoms with E-state index in [-0.39, 0.29) is 0 Å². The van der Waals surface area contributed by atoms with E-state index >= 15 is 0 Å². The maximum Gasteiger partial charge on any atom is 0.119 e. The molecule has 20 heavy (non-hydrogen) atoms. The summed E-state index contributed by atoms with van der Waals surface area (Å²) in [5.74, 6) is 1.01. The van der Waals surface area contributed by atoms with Gasteiger partial charge in [0.15, 0.2) is 0 Å². The van der Waals surface area contributed by atoms with E-state index in [0.29, 0.717) is 5.41 Å². The van der Waals surface area contributed by atoms with E-state index in [9.17, 15) is 0 Å². The average Bonchev–Trinajstić information content (AvgIpc) is 2.83. The summed E-state index contributed by atoms with van der Waals surface area (Å²) in [6.45, 7) is 4.87. The molecule has 0 spiro atoms. The molecule has 0 aromatic heterocycles. The number of hydrogen-bond donors (Lipinski definition) is 0. The standard InChI is InChI=1S/C18H27NO/c1-3-11-19-12-5-9-18(10-8-16(19)14-18)15-6-4-7-17(13-15)20-2/h4,6-7,13,16H,3,5,8-12,14H2,1-2H3. The summed E-state index contributed by atoms with van der Waals surface area (Å²) in [5.41, 5.74) is 1.93. The normalized spacial score (nSPS) is 30.2. The van der Waals surface area contributed by atoms with Crippen LogP contribution in [-0.2, 0) is 5.41 Å². The van der Waals surface area contributed by atoms with Gasteiger partial charge in [0, 0.05) is 6.04 Å². The minimum absolute atomic E-state index is 0.418. The Bertz CT molecular complexity index is 458. The van der Waals surface area contributed by atoms with E-state index in [1.807, 2.05) is 0 Å². The first-order valence-electron chi connectivity index (χ1n) is 8.16. The van der Waals surface area contributed by atoms with Crippen LogP contribution >= 0.6 is 0 Å². The topological polar surface area (TPSA) is 12.5 Å². The zero-order valence-corrected chi connectivity index (χ0v) is 12.9. The molecule has 1 heterocycles. The highest BCUT2D eigenvalue weighted by Crippen LogP contribution is 2.48. The Morgan fingerprint density at radius 1 is 1.35 bits per heavy atom. The molecule has 0 amide bonds. The zero-order chi connectivity index (χ0) is 14.0. The van der Waals surface area contributed by atoms with Gasteiger partial charge in [-0.15, -0.1) is 0 Å². The third-order valence-corrected chi connectivity index (χ3v) is 5.39. The van der Waals surface area contributed by atoms with Crippen molar-refractivity contribution >= 4 is 0 Å². The van der Waals surface area contributed by atoms with Crippen molar-refractivity contribution in [1.29, 1.82) is 0 Å². The second-order valence-electron chi connectivity index (χ2n) is 6.55. The quantitative estimate of drug-likeness (QED) is 0.822. The first kappa shape index (κ1) is 13.9. The number of nitrogens with zero attached hydrogens (tertiary/aromatic N) is 1. The van der Waals surface area contributed by atoms with Crippen LogP contribution in [0.1, 0.15) is 51.0 Å². The molecule has 2 unspecified atom stereocenters. The third kappa shape index (κ3) is 2.46. The monoisotopic (exact) mass is 273 g/mol. The summed E-state index contributed by atoms with van der Waals surface area (Å²) in [7, 11) is 1.77. The second-order valence-corrected chi connectivity index (χ2v) is 6.55. The molecule has 1 aliphatic heterocycles. The minimum Gasteiger partial charge on any atom is -0.497 e. The molecule has 2 heteroatoms.